The maximum absolute atomic E-state index is 11.5. The summed E-state index contributed by atoms with van der Waals surface area (Å²) in [6, 6.07) is 0. The average Bonchev–Trinajstić information content (AvgIpc) is 2.72. The van der Waals surface area contributed by atoms with E-state index in [9.17, 15) is 4.79 Å². The number of ether oxygens (including phenoxy) is 2. The van der Waals surface area contributed by atoms with Gasteiger partial charge in [0, 0.05) is 0 Å². The summed E-state index contributed by atoms with van der Waals surface area (Å²) < 4.78 is 10.3. The molecule has 29 heavy (non-hydrogen) atoms. The van der Waals surface area contributed by atoms with Crippen molar-refractivity contribution in [1.82, 2.24) is 0 Å². The molecule has 0 aliphatic rings. The Kier molecular flexibility index (Phi) is 24.7. The Morgan fingerprint density at radius 2 is 0.655 bits per heavy atom. The van der Waals surface area contributed by atoms with Crippen molar-refractivity contribution in [2.75, 3.05) is 13.2 Å². The molecule has 0 saturated heterocycles. The smallest absolute Gasteiger partial charge is 0.434 e. The molecule has 0 aliphatic carbocycles. The lowest BCUT2D eigenvalue weighted by Crippen LogP contribution is -2.09. The van der Waals surface area contributed by atoms with E-state index in [2.05, 4.69) is 13.8 Å². The highest BCUT2D eigenvalue weighted by Crippen LogP contribution is 2.12. The predicted molar refractivity (Wildman–Crippen MR) is 126 cm³/mol. The first-order valence-electron chi connectivity index (χ1n) is 13.1. The molecular weight excluding hydrogens is 360 g/mol. The third kappa shape index (κ3) is 25.2. The second-order valence-corrected chi connectivity index (χ2v) is 8.66. The first kappa shape index (κ1) is 28.3. The van der Waals surface area contributed by atoms with Gasteiger partial charge in [0.25, 0.3) is 0 Å². The molecule has 0 aliphatic heterocycles. The molecule has 0 fully saturated rings. The highest BCUT2D eigenvalue weighted by Gasteiger charge is 2.03. The molecule has 3 nitrogen and oxygen atoms in total. The number of carbonyl (C=O) groups excluding carboxylic acids is 1. The van der Waals surface area contributed by atoms with Gasteiger partial charge in [-0.1, -0.05) is 136 Å². The van der Waals surface area contributed by atoms with E-state index in [4.69, 9.17) is 9.47 Å². The van der Waals surface area contributed by atoms with Crippen LogP contribution >= 0.6 is 0 Å². The zero-order valence-corrected chi connectivity index (χ0v) is 20.0. The second kappa shape index (κ2) is 25.3. The molecule has 174 valence electrons. The van der Waals surface area contributed by atoms with Crippen molar-refractivity contribution in [3.05, 3.63) is 0 Å². The van der Waals surface area contributed by atoms with Crippen LogP contribution in [0.5, 0.6) is 0 Å². The Bertz CT molecular complexity index is 317. The third-order valence-electron chi connectivity index (χ3n) is 5.69. The van der Waals surface area contributed by atoms with Crippen LogP contribution in [0.4, 0.5) is 4.79 Å². The topological polar surface area (TPSA) is 35.5 Å². The van der Waals surface area contributed by atoms with E-state index in [1.54, 1.807) is 0 Å². The third-order valence-corrected chi connectivity index (χ3v) is 5.69. The van der Waals surface area contributed by atoms with Crippen molar-refractivity contribution in [3.8, 4) is 0 Å². The van der Waals surface area contributed by atoms with Gasteiger partial charge in [0.2, 0.25) is 0 Å². The second-order valence-electron chi connectivity index (χ2n) is 8.66. The molecule has 0 aromatic rings. The van der Waals surface area contributed by atoms with Gasteiger partial charge in [-0.2, -0.15) is 0 Å². The van der Waals surface area contributed by atoms with E-state index < -0.39 is 6.16 Å². The summed E-state index contributed by atoms with van der Waals surface area (Å²) in [5.41, 5.74) is 0. The molecule has 3 heteroatoms. The Hall–Kier alpha value is -0.730. The zero-order valence-electron chi connectivity index (χ0n) is 20.0. The van der Waals surface area contributed by atoms with Gasteiger partial charge >= 0.3 is 6.16 Å². The summed E-state index contributed by atoms with van der Waals surface area (Å²) in [5, 5.41) is 0. The zero-order chi connectivity index (χ0) is 21.3. The van der Waals surface area contributed by atoms with E-state index in [-0.39, 0.29) is 0 Å². The first-order valence-corrected chi connectivity index (χ1v) is 13.1. The molecule has 0 rings (SSSR count). The van der Waals surface area contributed by atoms with Gasteiger partial charge in [0.05, 0.1) is 13.2 Å². The summed E-state index contributed by atoms with van der Waals surface area (Å²) in [5.74, 6) is 0. The average molecular weight is 413 g/mol. The summed E-state index contributed by atoms with van der Waals surface area (Å²) in [6.07, 6.45) is 26.8. The summed E-state index contributed by atoms with van der Waals surface area (Å²) in [4.78, 5) is 11.5. The fourth-order valence-corrected chi connectivity index (χ4v) is 3.71. The molecule has 0 aromatic carbocycles. The maximum Gasteiger partial charge on any atom is 0.508 e. The molecule has 0 N–H and O–H groups in total. The lowest BCUT2D eigenvalue weighted by molar-refractivity contribution is 0.0529. The Morgan fingerprint density at radius 1 is 0.414 bits per heavy atom. The Labute approximate surface area is 182 Å². The molecule has 0 bridgehead atoms. The molecule has 0 atom stereocenters. The molecule has 0 saturated carbocycles. The standard InChI is InChI=1S/C26H52O3/c1-3-5-7-9-11-13-14-15-17-19-21-23-25-29-26(27)28-24-22-20-18-16-12-10-8-6-4-2/h3-25H2,1-2H3. The number of hydrogen-bond donors (Lipinski definition) is 0. The number of carbonyl (C=O) groups is 1. The van der Waals surface area contributed by atoms with E-state index in [0.29, 0.717) is 13.2 Å². The van der Waals surface area contributed by atoms with Crippen LogP contribution in [0.1, 0.15) is 149 Å². The number of hydrogen-bond acceptors (Lipinski definition) is 3. The van der Waals surface area contributed by atoms with E-state index in [0.717, 1.165) is 25.7 Å². The fraction of sp³-hybridized carbons (Fsp3) is 0.962. The molecule has 0 heterocycles. The van der Waals surface area contributed by atoms with Crippen LogP contribution in [0.3, 0.4) is 0 Å². The van der Waals surface area contributed by atoms with Crippen LogP contribution in [0.15, 0.2) is 0 Å². The van der Waals surface area contributed by atoms with Crippen LogP contribution in [-0.2, 0) is 9.47 Å². The molecule has 0 unspecified atom stereocenters. The minimum absolute atomic E-state index is 0.479. The lowest BCUT2D eigenvalue weighted by Gasteiger charge is -2.06. The van der Waals surface area contributed by atoms with Gasteiger partial charge in [-0.3, -0.25) is 0 Å². The summed E-state index contributed by atoms with van der Waals surface area (Å²) in [6.45, 7) is 5.54. The lowest BCUT2D eigenvalue weighted by atomic mass is 10.1. The Balaban J connectivity index is 3.13. The van der Waals surface area contributed by atoms with Gasteiger partial charge in [-0.25, -0.2) is 4.79 Å². The maximum atomic E-state index is 11.5. The van der Waals surface area contributed by atoms with Crippen LogP contribution in [0, 0.1) is 0 Å². The summed E-state index contributed by atoms with van der Waals surface area (Å²) in [7, 11) is 0. The molecular formula is C26H52O3. The van der Waals surface area contributed by atoms with Gasteiger partial charge in [0.1, 0.15) is 0 Å². The first-order chi connectivity index (χ1) is 14.3. The van der Waals surface area contributed by atoms with Crippen molar-refractivity contribution in [2.45, 2.75) is 149 Å². The van der Waals surface area contributed by atoms with Crippen molar-refractivity contribution in [2.24, 2.45) is 0 Å². The molecule has 0 aromatic heterocycles. The quantitative estimate of drug-likeness (QED) is 0.124. The van der Waals surface area contributed by atoms with Gasteiger partial charge < -0.3 is 9.47 Å². The van der Waals surface area contributed by atoms with Crippen molar-refractivity contribution < 1.29 is 14.3 Å². The highest BCUT2D eigenvalue weighted by molar-refractivity contribution is 5.59. The van der Waals surface area contributed by atoms with Crippen molar-refractivity contribution in [3.63, 3.8) is 0 Å². The van der Waals surface area contributed by atoms with E-state index >= 15 is 0 Å². The monoisotopic (exact) mass is 412 g/mol. The van der Waals surface area contributed by atoms with Crippen LogP contribution in [0.2, 0.25) is 0 Å². The normalized spacial score (nSPS) is 11.0. The summed E-state index contributed by atoms with van der Waals surface area (Å²) >= 11 is 0. The number of unbranched alkanes of at least 4 members (excludes halogenated alkanes) is 19. The largest absolute Gasteiger partial charge is 0.508 e. The van der Waals surface area contributed by atoms with E-state index in [1.165, 1.54) is 109 Å². The molecule has 0 spiro atoms. The van der Waals surface area contributed by atoms with Crippen molar-refractivity contribution in [1.29, 1.82) is 0 Å². The minimum Gasteiger partial charge on any atom is -0.434 e. The van der Waals surface area contributed by atoms with Crippen molar-refractivity contribution >= 4 is 6.16 Å². The fourth-order valence-electron chi connectivity index (χ4n) is 3.71. The highest BCUT2D eigenvalue weighted by atomic mass is 16.7. The molecule has 0 amide bonds. The van der Waals surface area contributed by atoms with E-state index in [1.807, 2.05) is 0 Å². The molecule has 0 radical (unpaired) electrons. The van der Waals surface area contributed by atoms with Crippen LogP contribution in [-0.4, -0.2) is 19.4 Å². The van der Waals surface area contributed by atoms with Gasteiger partial charge in [0.15, 0.2) is 0 Å². The predicted octanol–water partition coefficient (Wildman–Crippen LogP) is 9.37. The Morgan fingerprint density at radius 3 is 0.931 bits per heavy atom. The van der Waals surface area contributed by atoms with Crippen LogP contribution < -0.4 is 0 Å². The van der Waals surface area contributed by atoms with Gasteiger partial charge in [-0.15, -0.1) is 0 Å². The van der Waals surface area contributed by atoms with Crippen LogP contribution in [0.25, 0.3) is 0 Å². The minimum atomic E-state index is -0.479. The number of rotatable bonds is 23. The SMILES string of the molecule is CCCCCCCCCCCCCCOC(=O)OCCCCCCCCCCC. The van der Waals surface area contributed by atoms with Gasteiger partial charge in [-0.05, 0) is 12.8 Å².